The third-order valence-corrected chi connectivity index (χ3v) is 13.1. The number of hydrogen-bond donors (Lipinski definition) is 9. The summed E-state index contributed by atoms with van der Waals surface area (Å²) in [4.78, 5) is 80.4. The Morgan fingerprint density at radius 3 is 1.35 bits per heavy atom. The molecule has 2 heterocycles. The molecule has 3 aromatic carbocycles. The van der Waals surface area contributed by atoms with Crippen molar-refractivity contribution in [2.24, 2.45) is 0 Å². The maximum absolute atomic E-state index is 13.7. The third kappa shape index (κ3) is 13.0. The summed E-state index contributed by atoms with van der Waals surface area (Å²) in [6.45, 7) is 7.72. The van der Waals surface area contributed by atoms with Crippen LogP contribution in [-0.4, -0.2) is 111 Å². The Labute approximate surface area is 359 Å². The average Bonchev–Trinajstić information content (AvgIpc) is 3.73. The van der Waals surface area contributed by atoms with Crippen LogP contribution in [0, 0.1) is 0 Å². The van der Waals surface area contributed by atoms with Gasteiger partial charge in [-0.15, -0.1) is 23.5 Å². The predicted octanol–water partition coefficient (Wildman–Crippen LogP) is 0.718. The molecular weight excluding hydrogens is 805 g/mol. The van der Waals surface area contributed by atoms with Crippen LogP contribution in [-0.2, 0) is 48.2 Å². The fourth-order valence-electron chi connectivity index (χ4n) is 7.03. The summed E-state index contributed by atoms with van der Waals surface area (Å²) >= 11 is 2.74. The Balaban J connectivity index is 1.16. The topological polar surface area (TPSA) is 219 Å². The molecule has 0 saturated carbocycles. The van der Waals surface area contributed by atoms with Gasteiger partial charge in [0.25, 0.3) is 0 Å². The lowest BCUT2D eigenvalue weighted by Crippen LogP contribution is -2.59. The van der Waals surface area contributed by atoms with Crippen molar-refractivity contribution in [1.29, 1.82) is 0 Å². The second-order valence-corrected chi connectivity index (χ2v) is 19.3. The largest absolute Gasteiger partial charge is 0.395 e. The molecule has 2 aliphatic rings. The van der Waals surface area contributed by atoms with Gasteiger partial charge in [0.2, 0.25) is 35.4 Å². The van der Waals surface area contributed by atoms with Crippen LogP contribution in [0.15, 0.2) is 91.0 Å². The molecule has 15 nitrogen and oxygen atoms in total. The molecule has 0 radical (unpaired) electrons. The number of carbonyl (C=O) groups is 6. The second kappa shape index (κ2) is 21.5. The van der Waals surface area contributed by atoms with Gasteiger partial charge in [-0.25, -0.2) is 0 Å². The zero-order chi connectivity index (χ0) is 43.3. The van der Waals surface area contributed by atoms with Crippen molar-refractivity contribution in [3.05, 3.63) is 108 Å². The molecule has 5 rings (SSSR count). The van der Waals surface area contributed by atoms with Gasteiger partial charge in [-0.3, -0.25) is 39.4 Å². The molecule has 2 aliphatic heterocycles. The molecule has 6 atom stereocenters. The number of aliphatic hydroxyl groups is 1. The normalized spacial score (nSPS) is 21.1. The van der Waals surface area contributed by atoms with Gasteiger partial charge in [0.1, 0.15) is 24.2 Å². The van der Waals surface area contributed by atoms with Gasteiger partial charge >= 0.3 is 0 Å². The van der Waals surface area contributed by atoms with Gasteiger partial charge in [-0.1, -0.05) is 91.0 Å². The predicted molar refractivity (Wildman–Crippen MR) is 233 cm³/mol. The van der Waals surface area contributed by atoms with Crippen molar-refractivity contribution in [1.82, 2.24) is 42.5 Å². The van der Waals surface area contributed by atoms with Gasteiger partial charge in [-0.05, 0) is 44.4 Å². The van der Waals surface area contributed by atoms with E-state index in [9.17, 15) is 33.9 Å². The zero-order valence-electron chi connectivity index (χ0n) is 34.3. The van der Waals surface area contributed by atoms with Crippen LogP contribution in [0.1, 0.15) is 44.4 Å². The highest BCUT2D eigenvalue weighted by molar-refractivity contribution is 8.01. The molecule has 322 valence electrons. The van der Waals surface area contributed by atoms with Crippen molar-refractivity contribution >= 4 is 59.0 Å². The lowest BCUT2D eigenvalue weighted by molar-refractivity contribution is -0.129. The number of amides is 6. The van der Waals surface area contributed by atoms with E-state index in [0.29, 0.717) is 0 Å². The van der Waals surface area contributed by atoms with Crippen molar-refractivity contribution in [3.63, 3.8) is 0 Å². The molecule has 0 aliphatic carbocycles. The van der Waals surface area contributed by atoms with Gasteiger partial charge in [0.05, 0.1) is 30.2 Å². The number of rotatable bonds is 19. The second-order valence-electron chi connectivity index (χ2n) is 15.7. The third-order valence-electron chi connectivity index (χ3n) is 10.1. The summed E-state index contributed by atoms with van der Waals surface area (Å²) in [5.74, 6) is -2.26. The molecule has 9 N–H and O–H groups in total. The van der Waals surface area contributed by atoms with E-state index < -0.39 is 50.3 Å². The standard InChI is InChI=1S/C43H56N8O7S2/c1-42(2)34(50-40(59-42)32(36(55)46-22-23-52)48-30(53)24-27-14-8-5-9-15-27)38(57)44-20-21-45-39(58)35-43(3,4)60-41(51-35)33(37(56)47-26-29-18-12-7-13-19-29)49-31(54)25-28-16-10-6-11-17-28/h5-19,32-35,40-41,50-52H,20-26H2,1-4H3,(H,44,57)(H,45,58)(H,46,55)(H,47,56)(H,48,53)(H,49,54)/t32?,33?,34-,35-,40+,41+/m0/s1. The minimum atomic E-state index is -1.04. The minimum absolute atomic E-state index is 0.00317. The highest BCUT2D eigenvalue weighted by Gasteiger charge is 2.50. The van der Waals surface area contributed by atoms with E-state index >= 15 is 0 Å². The number of carbonyl (C=O) groups excluding carboxylic acids is 6. The van der Waals surface area contributed by atoms with Crippen LogP contribution in [0.3, 0.4) is 0 Å². The Hall–Kier alpha value is -4.94. The van der Waals surface area contributed by atoms with Crippen molar-refractivity contribution in [2.45, 2.75) is 91.5 Å². The highest BCUT2D eigenvalue weighted by Crippen LogP contribution is 2.40. The number of benzene rings is 3. The van der Waals surface area contributed by atoms with E-state index in [-0.39, 0.29) is 75.2 Å². The first-order valence-electron chi connectivity index (χ1n) is 20.0. The molecule has 0 spiro atoms. The molecule has 2 fully saturated rings. The molecule has 60 heavy (non-hydrogen) atoms. The molecule has 2 saturated heterocycles. The summed E-state index contributed by atoms with van der Waals surface area (Å²) in [5, 5.41) is 31.6. The maximum Gasteiger partial charge on any atom is 0.245 e. The molecular formula is C43H56N8O7S2. The van der Waals surface area contributed by atoms with Gasteiger partial charge in [0, 0.05) is 35.7 Å². The molecule has 2 unspecified atom stereocenters. The van der Waals surface area contributed by atoms with E-state index in [1.54, 1.807) is 0 Å². The monoisotopic (exact) mass is 860 g/mol. The van der Waals surface area contributed by atoms with Gasteiger partial charge in [0.15, 0.2) is 0 Å². The van der Waals surface area contributed by atoms with Crippen LogP contribution >= 0.6 is 23.5 Å². The van der Waals surface area contributed by atoms with Crippen molar-refractivity contribution < 1.29 is 33.9 Å². The lowest BCUT2D eigenvalue weighted by Gasteiger charge is -2.25. The van der Waals surface area contributed by atoms with E-state index in [0.717, 1.165) is 16.7 Å². The Morgan fingerprint density at radius 1 is 0.567 bits per heavy atom. The van der Waals surface area contributed by atoms with Crippen molar-refractivity contribution in [2.75, 3.05) is 26.2 Å². The summed E-state index contributed by atoms with van der Waals surface area (Å²) in [6.07, 6.45) is 0.141. The van der Waals surface area contributed by atoms with E-state index in [4.69, 9.17) is 0 Å². The Bertz CT molecular complexity index is 1940. The fourth-order valence-corrected chi connectivity index (χ4v) is 10.0. The van der Waals surface area contributed by atoms with Gasteiger partial charge < -0.3 is 37.0 Å². The van der Waals surface area contributed by atoms with Gasteiger partial charge in [-0.2, -0.15) is 0 Å². The van der Waals surface area contributed by atoms with Crippen molar-refractivity contribution in [3.8, 4) is 0 Å². The summed E-state index contributed by atoms with van der Waals surface area (Å²) in [5.41, 5.74) is 2.48. The number of thioether (sulfide) groups is 2. The first kappa shape index (κ1) is 46.1. The summed E-state index contributed by atoms with van der Waals surface area (Å²) in [6, 6.07) is 24.3. The molecule has 3 aromatic rings. The van der Waals surface area contributed by atoms with Crippen LogP contribution < -0.4 is 42.5 Å². The maximum atomic E-state index is 13.7. The van der Waals surface area contributed by atoms with E-state index in [2.05, 4.69) is 42.5 Å². The minimum Gasteiger partial charge on any atom is -0.395 e. The molecule has 0 aromatic heterocycles. The highest BCUT2D eigenvalue weighted by atomic mass is 32.2. The molecule has 17 heteroatoms. The zero-order valence-corrected chi connectivity index (χ0v) is 35.9. The van der Waals surface area contributed by atoms with E-state index in [1.807, 2.05) is 119 Å². The lowest BCUT2D eigenvalue weighted by atomic mass is 10.0. The number of hydrogen-bond acceptors (Lipinski definition) is 11. The number of aliphatic hydroxyl groups excluding tert-OH is 1. The van der Waals surface area contributed by atoms with Crippen LogP contribution in [0.4, 0.5) is 0 Å². The van der Waals surface area contributed by atoms with Crippen LogP contribution in [0.2, 0.25) is 0 Å². The summed E-state index contributed by atoms with van der Waals surface area (Å²) < 4.78 is -1.37. The fraction of sp³-hybridized carbons (Fsp3) is 0.442. The first-order valence-corrected chi connectivity index (χ1v) is 21.7. The Kier molecular flexibility index (Phi) is 16.6. The van der Waals surface area contributed by atoms with Crippen LogP contribution in [0.5, 0.6) is 0 Å². The average molecular weight is 861 g/mol. The molecule has 0 bridgehead atoms. The van der Waals surface area contributed by atoms with E-state index in [1.165, 1.54) is 23.5 Å². The quantitative estimate of drug-likeness (QED) is 0.0766. The Morgan fingerprint density at radius 2 is 0.950 bits per heavy atom. The number of nitrogens with one attached hydrogen (secondary N) is 8. The smallest absolute Gasteiger partial charge is 0.245 e. The first-order chi connectivity index (χ1) is 28.7. The molecule has 6 amide bonds. The summed E-state index contributed by atoms with van der Waals surface area (Å²) in [7, 11) is 0. The van der Waals surface area contributed by atoms with Crippen LogP contribution in [0.25, 0.3) is 0 Å². The SMILES string of the molecule is CC1(C)S[C@H](C(NC(=O)Cc2ccccc2)C(=O)NCCO)N[C@H]1C(=O)NCCNC(=O)[C@@H]1N[C@@H](C(NC(=O)Cc2ccccc2)C(=O)NCc2ccccc2)SC1(C)C.